The summed E-state index contributed by atoms with van der Waals surface area (Å²) in [6.45, 7) is 9.20. The molecule has 0 N–H and O–H groups in total. The highest BCUT2D eigenvalue weighted by Crippen LogP contribution is 2.41. The lowest BCUT2D eigenvalue weighted by Crippen LogP contribution is -2.49. The maximum Gasteiger partial charge on any atom is 0.235 e. The lowest BCUT2D eigenvalue weighted by Gasteiger charge is -2.37. The van der Waals surface area contributed by atoms with E-state index in [0.29, 0.717) is 13.0 Å². The van der Waals surface area contributed by atoms with E-state index in [1.807, 2.05) is 13.8 Å². The number of fused-ring (bicyclic) bond motifs is 2. The maximum atomic E-state index is 12.9. The van der Waals surface area contributed by atoms with Crippen molar-refractivity contribution in [3.05, 3.63) is 54.1 Å². The minimum atomic E-state index is -0.463. The van der Waals surface area contributed by atoms with Gasteiger partial charge in [-0.2, -0.15) is 0 Å². The smallest absolute Gasteiger partial charge is 0.235 e. The van der Waals surface area contributed by atoms with E-state index in [2.05, 4.69) is 58.3 Å². The van der Waals surface area contributed by atoms with Crippen molar-refractivity contribution in [3.8, 4) is 0 Å². The fourth-order valence-corrected chi connectivity index (χ4v) is 6.45. The predicted octanol–water partition coefficient (Wildman–Crippen LogP) is 4.80. The van der Waals surface area contributed by atoms with Gasteiger partial charge in [-0.3, -0.25) is 19.4 Å². The van der Waals surface area contributed by atoms with E-state index in [9.17, 15) is 9.59 Å². The molecule has 7 heteroatoms. The number of hydrogen-bond donors (Lipinski definition) is 0. The molecule has 0 radical (unpaired) electrons. The molecule has 2 saturated heterocycles. The van der Waals surface area contributed by atoms with Gasteiger partial charge in [-0.1, -0.05) is 55.9 Å². The van der Waals surface area contributed by atoms with Crippen LogP contribution in [-0.2, 0) is 9.59 Å². The second-order valence-corrected chi connectivity index (χ2v) is 10.8. The number of amides is 2. The van der Waals surface area contributed by atoms with Gasteiger partial charge in [-0.25, -0.2) is 4.99 Å². The Morgan fingerprint density at radius 2 is 1.57 bits per heavy atom. The summed E-state index contributed by atoms with van der Waals surface area (Å²) in [5, 5.41) is 0. The Labute approximate surface area is 212 Å². The molecule has 3 aliphatic rings. The van der Waals surface area contributed by atoms with Gasteiger partial charge in [0, 0.05) is 54.5 Å². The van der Waals surface area contributed by atoms with Crippen LogP contribution in [0.25, 0.3) is 0 Å². The van der Waals surface area contributed by atoms with E-state index >= 15 is 0 Å². The third kappa shape index (κ3) is 4.64. The average Bonchev–Trinajstić information content (AvgIpc) is 3.03. The number of para-hydroxylation sites is 1. The molecule has 3 aliphatic heterocycles. The van der Waals surface area contributed by atoms with Crippen LogP contribution >= 0.6 is 11.8 Å². The van der Waals surface area contributed by atoms with Gasteiger partial charge in [0.2, 0.25) is 11.8 Å². The number of imide groups is 1. The number of likely N-dealkylation sites (tertiary alicyclic amines) is 1. The number of carbonyl (C=O) groups excluding carboxylic acids is 2. The number of rotatable bonds is 6. The van der Waals surface area contributed by atoms with Crippen LogP contribution in [0, 0.1) is 5.41 Å². The minimum Gasteiger partial charge on any atom is -0.354 e. The number of aliphatic imine (C=N–C) groups is 1. The lowest BCUT2D eigenvalue weighted by atomic mass is 9.81. The van der Waals surface area contributed by atoms with Crippen molar-refractivity contribution in [2.24, 2.45) is 10.4 Å². The van der Waals surface area contributed by atoms with Crippen LogP contribution in [-0.4, -0.2) is 71.6 Å². The summed E-state index contributed by atoms with van der Waals surface area (Å²) in [6.07, 6.45) is 2.68. The Hall–Kier alpha value is -2.64. The Morgan fingerprint density at radius 1 is 0.886 bits per heavy atom. The molecule has 0 atom stereocenters. The van der Waals surface area contributed by atoms with E-state index in [4.69, 9.17) is 4.99 Å². The van der Waals surface area contributed by atoms with Gasteiger partial charge in [-0.15, -0.1) is 0 Å². The predicted molar refractivity (Wildman–Crippen MR) is 140 cm³/mol. The molecule has 2 amide bonds. The van der Waals surface area contributed by atoms with E-state index in [1.165, 1.54) is 20.3 Å². The molecule has 6 nitrogen and oxygen atoms in total. The fraction of sp³-hybridized carbons (Fsp3) is 0.464. The molecule has 2 aromatic rings. The molecular formula is C28H34N4O2S. The molecule has 3 heterocycles. The standard InChI is InChI=1S/C28H34N4O2S/c1-3-28(4-2)20-25(33)32(27(28)34)15-9-14-30-16-18-31(19-17-30)26-21-10-5-7-12-23(21)35-24-13-8-6-11-22(24)29-26/h5-8,10-13H,3-4,9,14-20H2,1-2H3. The van der Waals surface area contributed by atoms with Crippen molar-refractivity contribution in [3.63, 3.8) is 0 Å². The summed E-state index contributed by atoms with van der Waals surface area (Å²) in [4.78, 5) is 39.3. The highest BCUT2D eigenvalue weighted by Gasteiger charge is 2.48. The summed E-state index contributed by atoms with van der Waals surface area (Å²) < 4.78 is 0. The second kappa shape index (κ2) is 10.2. The molecule has 2 aromatic carbocycles. The van der Waals surface area contributed by atoms with Gasteiger partial charge >= 0.3 is 0 Å². The van der Waals surface area contributed by atoms with E-state index in [1.54, 1.807) is 11.8 Å². The molecule has 5 rings (SSSR count). The SMILES string of the molecule is CCC1(CC)CC(=O)N(CCCN2CCN(C3=Nc4ccccc4Sc4ccccc43)CC2)C1=O. The zero-order valence-electron chi connectivity index (χ0n) is 20.7. The first-order chi connectivity index (χ1) is 17.0. The fourth-order valence-electron chi connectivity index (χ4n) is 5.43. The number of hydrogen-bond acceptors (Lipinski definition) is 6. The summed E-state index contributed by atoms with van der Waals surface area (Å²) in [5.41, 5.74) is 1.76. The summed E-state index contributed by atoms with van der Waals surface area (Å²) in [6, 6.07) is 16.9. The van der Waals surface area contributed by atoms with Crippen LogP contribution in [0.3, 0.4) is 0 Å². The average molecular weight is 491 g/mol. The van der Waals surface area contributed by atoms with Gasteiger partial charge in [0.15, 0.2) is 0 Å². The van der Waals surface area contributed by atoms with Crippen LogP contribution in [0.4, 0.5) is 5.69 Å². The lowest BCUT2D eigenvalue weighted by molar-refractivity contribution is -0.141. The van der Waals surface area contributed by atoms with Crippen molar-refractivity contribution < 1.29 is 9.59 Å². The van der Waals surface area contributed by atoms with Gasteiger partial charge in [0.1, 0.15) is 5.84 Å². The van der Waals surface area contributed by atoms with Crippen LogP contribution in [0.15, 0.2) is 63.3 Å². The Bertz CT molecular complexity index is 1140. The highest BCUT2D eigenvalue weighted by molar-refractivity contribution is 7.99. The summed E-state index contributed by atoms with van der Waals surface area (Å²) in [5.74, 6) is 1.11. The van der Waals surface area contributed by atoms with Crippen molar-refractivity contribution in [2.75, 3.05) is 39.3 Å². The largest absolute Gasteiger partial charge is 0.354 e. The molecule has 0 spiro atoms. The normalized spacial score (nSPS) is 19.9. The first kappa shape index (κ1) is 24.1. The third-order valence-electron chi connectivity index (χ3n) is 7.81. The van der Waals surface area contributed by atoms with Crippen LogP contribution in [0.1, 0.15) is 45.1 Å². The van der Waals surface area contributed by atoms with E-state index in [0.717, 1.165) is 63.5 Å². The molecule has 0 saturated carbocycles. The van der Waals surface area contributed by atoms with Crippen LogP contribution < -0.4 is 0 Å². The van der Waals surface area contributed by atoms with Gasteiger partial charge in [0.25, 0.3) is 0 Å². The monoisotopic (exact) mass is 490 g/mol. The number of amidine groups is 1. The molecular weight excluding hydrogens is 456 g/mol. The molecule has 0 bridgehead atoms. The van der Waals surface area contributed by atoms with Gasteiger partial charge < -0.3 is 4.90 Å². The van der Waals surface area contributed by atoms with Crippen molar-refractivity contribution >= 4 is 35.1 Å². The minimum absolute atomic E-state index is 0.00621. The molecule has 0 unspecified atom stereocenters. The number of piperazine rings is 1. The number of nitrogens with zero attached hydrogens (tertiary/aromatic N) is 4. The Kier molecular flexibility index (Phi) is 6.98. The zero-order chi connectivity index (χ0) is 24.4. The summed E-state index contributed by atoms with van der Waals surface area (Å²) >= 11 is 1.79. The Morgan fingerprint density at radius 3 is 2.29 bits per heavy atom. The van der Waals surface area contributed by atoms with Crippen molar-refractivity contribution in [2.45, 2.75) is 49.3 Å². The second-order valence-electron chi connectivity index (χ2n) is 9.70. The van der Waals surface area contributed by atoms with Crippen LogP contribution in [0.5, 0.6) is 0 Å². The molecule has 0 aliphatic carbocycles. The summed E-state index contributed by atoms with van der Waals surface area (Å²) in [7, 11) is 0. The molecule has 2 fully saturated rings. The zero-order valence-corrected chi connectivity index (χ0v) is 21.5. The number of carbonyl (C=O) groups is 2. The van der Waals surface area contributed by atoms with E-state index in [-0.39, 0.29) is 11.8 Å². The quantitative estimate of drug-likeness (QED) is 0.545. The molecule has 35 heavy (non-hydrogen) atoms. The van der Waals surface area contributed by atoms with Crippen LogP contribution in [0.2, 0.25) is 0 Å². The van der Waals surface area contributed by atoms with E-state index < -0.39 is 5.41 Å². The third-order valence-corrected chi connectivity index (χ3v) is 8.95. The Balaban J connectivity index is 1.20. The van der Waals surface area contributed by atoms with Gasteiger partial charge in [-0.05, 0) is 44.0 Å². The molecule has 184 valence electrons. The topological polar surface area (TPSA) is 56.2 Å². The highest BCUT2D eigenvalue weighted by atomic mass is 32.2. The first-order valence-electron chi connectivity index (χ1n) is 12.8. The maximum absolute atomic E-state index is 12.9. The number of benzene rings is 2. The van der Waals surface area contributed by atoms with Crippen molar-refractivity contribution in [1.29, 1.82) is 0 Å². The molecule has 0 aromatic heterocycles. The van der Waals surface area contributed by atoms with Gasteiger partial charge in [0.05, 0.1) is 11.1 Å². The van der Waals surface area contributed by atoms with Crippen molar-refractivity contribution in [1.82, 2.24) is 14.7 Å². The first-order valence-corrected chi connectivity index (χ1v) is 13.6.